The third-order valence-electron chi connectivity index (χ3n) is 5.70. The summed E-state index contributed by atoms with van der Waals surface area (Å²) in [6.45, 7) is 0.690. The van der Waals surface area contributed by atoms with Crippen molar-refractivity contribution in [2.75, 3.05) is 13.7 Å². The van der Waals surface area contributed by atoms with Gasteiger partial charge in [0, 0.05) is 35.8 Å². The van der Waals surface area contributed by atoms with Crippen LogP contribution in [0.1, 0.15) is 50.0 Å². The van der Waals surface area contributed by atoms with E-state index in [1.807, 2.05) is 12.3 Å². The second kappa shape index (κ2) is 7.19. The number of hydrogen-bond donors (Lipinski definition) is 3. The number of nitrogens with one attached hydrogen (secondary N) is 2. The largest absolute Gasteiger partial charge is 0.504 e. The minimum atomic E-state index is -0.268. The molecule has 3 N–H and O–H groups in total. The molecule has 26 heavy (non-hydrogen) atoms. The van der Waals surface area contributed by atoms with E-state index in [0.717, 1.165) is 49.4 Å². The van der Waals surface area contributed by atoms with Crippen LogP contribution in [0, 0.1) is 0 Å². The molecule has 140 valence electrons. The van der Waals surface area contributed by atoms with Crippen LogP contribution in [0.5, 0.6) is 11.5 Å². The predicted octanol–water partition coefficient (Wildman–Crippen LogP) is 3.20. The lowest BCUT2D eigenvalue weighted by Crippen LogP contribution is -2.43. The Bertz CT molecular complexity index is 794. The first-order valence-electron chi connectivity index (χ1n) is 9.45. The average molecular weight is 358 g/mol. The lowest BCUT2D eigenvalue weighted by atomic mass is 9.81. The van der Waals surface area contributed by atoms with Crippen molar-refractivity contribution >= 4 is 16.8 Å². The summed E-state index contributed by atoms with van der Waals surface area (Å²) in [5.41, 5.74) is 2.14. The smallest absolute Gasteiger partial charge is 0.249 e. The van der Waals surface area contributed by atoms with Crippen molar-refractivity contribution in [2.24, 2.45) is 0 Å². The highest BCUT2D eigenvalue weighted by molar-refractivity contribution is 5.87. The standard InChI is InChI=1S/C20H26N2O4/c1-25-19-9-14-15(11-21-16(14)10-17(19)23)12-4-2-5-13(8-12)22-20(24)18-6-3-7-26-18/h9-13,18,21,23H,2-8H2,1H3,(H,22,24)/t12-,13+,18+/m1/s1. The number of phenolic OH excluding ortho intramolecular Hbond substituents is 1. The summed E-state index contributed by atoms with van der Waals surface area (Å²) in [5, 5.41) is 14.2. The summed E-state index contributed by atoms with van der Waals surface area (Å²) in [5.74, 6) is 1.04. The second-order valence-corrected chi connectivity index (χ2v) is 7.38. The lowest BCUT2D eigenvalue weighted by Gasteiger charge is -2.30. The summed E-state index contributed by atoms with van der Waals surface area (Å²) < 4.78 is 10.8. The Balaban J connectivity index is 1.50. The summed E-state index contributed by atoms with van der Waals surface area (Å²) >= 11 is 0. The Hall–Kier alpha value is -2.21. The number of aromatic amines is 1. The van der Waals surface area contributed by atoms with Crippen molar-refractivity contribution in [1.29, 1.82) is 0 Å². The number of rotatable bonds is 4. The average Bonchev–Trinajstić information content (AvgIpc) is 3.31. The minimum Gasteiger partial charge on any atom is -0.504 e. The quantitative estimate of drug-likeness (QED) is 0.784. The molecule has 2 heterocycles. The maximum atomic E-state index is 12.4. The van der Waals surface area contributed by atoms with Gasteiger partial charge in [0.15, 0.2) is 11.5 Å². The fraction of sp³-hybridized carbons (Fsp3) is 0.550. The van der Waals surface area contributed by atoms with Crippen LogP contribution in [0.25, 0.3) is 10.9 Å². The fourth-order valence-corrected chi connectivity index (χ4v) is 4.34. The molecule has 1 saturated heterocycles. The van der Waals surface area contributed by atoms with Gasteiger partial charge in [0.2, 0.25) is 5.91 Å². The molecule has 1 aliphatic carbocycles. The van der Waals surface area contributed by atoms with Gasteiger partial charge in [-0.25, -0.2) is 0 Å². The highest BCUT2D eigenvalue weighted by Gasteiger charge is 2.30. The van der Waals surface area contributed by atoms with Crippen LogP contribution in [0.2, 0.25) is 0 Å². The first kappa shape index (κ1) is 17.2. The van der Waals surface area contributed by atoms with Gasteiger partial charge in [-0.15, -0.1) is 0 Å². The van der Waals surface area contributed by atoms with Gasteiger partial charge in [0.05, 0.1) is 7.11 Å². The number of benzene rings is 1. The molecule has 2 aromatic rings. The topological polar surface area (TPSA) is 83.6 Å². The summed E-state index contributed by atoms with van der Waals surface area (Å²) in [4.78, 5) is 15.6. The SMILES string of the molecule is COc1cc2c([C@@H]3CCC[C@H](NC(=O)[C@@H]4CCCO4)C3)c[nH]c2cc1O. The number of methoxy groups -OCH3 is 1. The zero-order chi connectivity index (χ0) is 18.1. The summed E-state index contributed by atoms with van der Waals surface area (Å²) in [7, 11) is 1.56. The predicted molar refractivity (Wildman–Crippen MR) is 98.6 cm³/mol. The van der Waals surface area contributed by atoms with Crippen LogP contribution in [0.15, 0.2) is 18.3 Å². The van der Waals surface area contributed by atoms with Crippen LogP contribution in [-0.4, -0.2) is 41.9 Å². The highest BCUT2D eigenvalue weighted by atomic mass is 16.5. The Labute approximate surface area is 152 Å². The van der Waals surface area contributed by atoms with E-state index in [1.54, 1.807) is 13.2 Å². The van der Waals surface area contributed by atoms with Gasteiger partial charge < -0.3 is 24.9 Å². The van der Waals surface area contributed by atoms with Gasteiger partial charge in [-0.05, 0) is 49.7 Å². The molecule has 1 aliphatic heterocycles. The van der Waals surface area contributed by atoms with E-state index in [4.69, 9.17) is 9.47 Å². The third kappa shape index (κ3) is 3.26. The number of amides is 1. The lowest BCUT2D eigenvalue weighted by molar-refractivity contribution is -0.131. The summed E-state index contributed by atoms with van der Waals surface area (Å²) in [6, 6.07) is 3.79. The fourth-order valence-electron chi connectivity index (χ4n) is 4.34. The molecule has 4 rings (SSSR count). The van der Waals surface area contributed by atoms with Crippen LogP contribution in [-0.2, 0) is 9.53 Å². The Kier molecular flexibility index (Phi) is 4.76. The number of hydrogen-bond acceptors (Lipinski definition) is 4. The molecule has 2 fully saturated rings. The molecule has 0 unspecified atom stereocenters. The third-order valence-corrected chi connectivity index (χ3v) is 5.70. The molecule has 3 atom stereocenters. The highest BCUT2D eigenvalue weighted by Crippen LogP contribution is 2.40. The molecule has 0 spiro atoms. The molecular weight excluding hydrogens is 332 g/mol. The van der Waals surface area contributed by atoms with E-state index < -0.39 is 0 Å². The van der Waals surface area contributed by atoms with Gasteiger partial charge in [-0.1, -0.05) is 6.42 Å². The van der Waals surface area contributed by atoms with Gasteiger partial charge in [0.25, 0.3) is 0 Å². The van der Waals surface area contributed by atoms with Crippen LogP contribution >= 0.6 is 0 Å². The number of carbonyl (C=O) groups excluding carboxylic acids is 1. The molecule has 2 aliphatic rings. The molecule has 1 aromatic heterocycles. The number of phenols is 1. The molecule has 1 aromatic carbocycles. The van der Waals surface area contributed by atoms with E-state index in [9.17, 15) is 9.90 Å². The van der Waals surface area contributed by atoms with Gasteiger partial charge in [-0.2, -0.15) is 0 Å². The molecule has 6 nitrogen and oxygen atoms in total. The van der Waals surface area contributed by atoms with E-state index >= 15 is 0 Å². The van der Waals surface area contributed by atoms with Crippen molar-refractivity contribution in [1.82, 2.24) is 10.3 Å². The number of aromatic hydroxyl groups is 1. The monoisotopic (exact) mass is 358 g/mol. The Morgan fingerprint density at radius 3 is 2.96 bits per heavy atom. The number of carbonyl (C=O) groups is 1. The van der Waals surface area contributed by atoms with Gasteiger partial charge in [-0.3, -0.25) is 4.79 Å². The Morgan fingerprint density at radius 1 is 1.31 bits per heavy atom. The molecule has 0 bridgehead atoms. The first-order valence-corrected chi connectivity index (χ1v) is 9.45. The van der Waals surface area contributed by atoms with E-state index in [2.05, 4.69) is 10.3 Å². The number of fused-ring (bicyclic) bond motifs is 1. The van der Waals surface area contributed by atoms with Gasteiger partial charge >= 0.3 is 0 Å². The van der Waals surface area contributed by atoms with Crippen molar-refractivity contribution in [3.05, 3.63) is 23.9 Å². The zero-order valence-electron chi connectivity index (χ0n) is 15.1. The van der Waals surface area contributed by atoms with Crippen molar-refractivity contribution in [3.63, 3.8) is 0 Å². The molecule has 1 saturated carbocycles. The zero-order valence-corrected chi connectivity index (χ0v) is 15.1. The normalized spacial score (nSPS) is 26.1. The minimum absolute atomic E-state index is 0.0404. The van der Waals surface area contributed by atoms with Crippen molar-refractivity contribution in [3.8, 4) is 11.5 Å². The number of H-pyrrole nitrogens is 1. The van der Waals surface area contributed by atoms with E-state index in [0.29, 0.717) is 18.3 Å². The first-order chi connectivity index (χ1) is 12.7. The molecular formula is C20H26N2O4. The number of ether oxygens (including phenoxy) is 2. The second-order valence-electron chi connectivity index (χ2n) is 7.38. The maximum Gasteiger partial charge on any atom is 0.249 e. The molecule has 0 radical (unpaired) electrons. The van der Waals surface area contributed by atoms with Gasteiger partial charge in [0.1, 0.15) is 6.10 Å². The van der Waals surface area contributed by atoms with Crippen LogP contribution in [0.4, 0.5) is 0 Å². The Morgan fingerprint density at radius 2 is 2.19 bits per heavy atom. The maximum absolute atomic E-state index is 12.4. The van der Waals surface area contributed by atoms with E-state index in [-0.39, 0.29) is 23.8 Å². The molecule has 1 amide bonds. The van der Waals surface area contributed by atoms with E-state index in [1.165, 1.54) is 5.56 Å². The van der Waals surface area contributed by atoms with Crippen molar-refractivity contribution in [2.45, 2.75) is 56.6 Å². The van der Waals surface area contributed by atoms with Crippen LogP contribution in [0.3, 0.4) is 0 Å². The molecule has 6 heteroatoms. The number of aromatic nitrogens is 1. The van der Waals surface area contributed by atoms with Crippen LogP contribution < -0.4 is 10.1 Å². The summed E-state index contributed by atoms with van der Waals surface area (Å²) in [6.07, 6.45) is 7.68. The van der Waals surface area contributed by atoms with Crippen molar-refractivity contribution < 1.29 is 19.4 Å².